The molecule has 2 fully saturated rings. The van der Waals surface area contributed by atoms with Crippen molar-refractivity contribution in [3.05, 3.63) is 90.6 Å². The first-order valence-corrected chi connectivity index (χ1v) is 13.3. The van der Waals surface area contributed by atoms with Crippen LogP contribution in [-0.2, 0) is 6.54 Å². The van der Waals surface area contributed by atoms with Crippen molar-refractivity contribution in [1.29, 1.82) is 0 Å². The van der Waals surface area contributed by atoms with Crippen LogP contribution in [0.2, 0.25) is 0 Å². The fourth-order valence-corrected chi connectivity index (χ4v) is 6.22. The third-order valence-corrected chi connectivity index (χ3v) is 8.00. The van der Waals surface area contributed by atoms with Gasteiger partial charge in [0, 0.05) is 50.2 Å². The minimum Gasteiger partial charge on any atom is -0.383 e. The lowest BCUT2D eigenvalue weighted by Crippen LogP contribution is -2.26. The molecule has 5 heterocycles. The molecule has 0 spiro atoms. The highest BCUT2D eigenvalue weighted by atomic mass is 15.2. The molecule has 5 aromatic rings. The molecule has 2 saturated heterocycles. The van der Waals surface area contributed by atoms with Crippen molar-refractivity contribution in [2.75, 3.05) is 39.0 Å². The molecule has 190 valence electrons. The monoisotopic (exact) mass is 501 g/mol. The number of pyridine rings is 2. The number of imidazole rings is 1. The van der Waals surface area contributed by atoms with Gasteiger partial charge in [0.15, 0.2) is 11.5 Å². The molecule has 0 amide bonds. The average molecular weight is 502 g/mol. The van der Waals surface area contributed by atoms with Crippen molar-refractivity contribution < 1.29 is 0 Å². The highest BCUT2D eigenvalue weighted by Crippen LogP contribution is 2.33. The Balaban J connectivity index is 1.27. The number of aromatic nitrogens is 4. The first-order valence-electron chi connectivity index (χ1n) is 13.3. The van der Waals surface area contributed by atoms with Gasteiger partial charge in [-0.1, -0.05) is 42.5 Å². The number of nitrogens with zero attached hydrogens (tertiary/aromatic N) is 6. The van der Waals surface area contributed by atoms with E-state index in [0.717, 1.165) is 57.9 Å². The number of fused-ring (bicyclic) bond motifs is 2. The van der Waals surface area contributed by atoms with E-state index in [2.05, 4.69) is 62.8 Å². The summed E-state index contributed by atoms with van der Waals surface area (Å²) in [6.45, 7) is 5.83. The summed E-state index contributed by atoms with van der Waals surface area (Å²) in [5, 5.41) is 0. The Morgan fingerprint density at radius 1 is 0.816 bits per heavy atom. The van der Waals surface area contributed by atoms with E-state index in [0.29, 0.717) is 5.82 Å². The summed E-state index contributed by atoms with van der Waals surface area (Å²) in [6.07, 6.45) is 1.71. The molecular formula is C31H31N7. The van der Waals surface area contributed by atoms with Crippen LogP contribution >= 0.6 is 0 Å². The zero-order valence-corrected chi connectivity index (χ0v) is 21.5. The summed E-state index contributed by atoms with van der Waals surface area (Å²) < 4.78 is 2.11. The summed E-state index contributed by atoms with van der Waals surface area (Å²) in [7, 11) is 2.24. The predicted molar refractivity (Wildman–Crippen MR) is 152 cm³/mol. The van der Waals surface area contributed by atoms with Gasteiger partial charge in [0.05, 0.1) is 11.3 Å². The lowest BCUT2D eigenvalue weighted by Gasteiger charge is -2.19. The van der Waals surface area contributed by atoms with Crippen molar-refractivity contribution >= 4 is 17.0 Å². The number of hydrogen-bond donors (Lipinski definition) is 1. The van der Waals surface area contributed by atoms with Crippen molar-refractivity contribution in [2.45, 2.75) is 6.54 Å². The number of anilines is 1. The fourth-order valence-electron chi connectivity index (χ4n) is 6.22. The van der Waals surface area contributed by atoms with Gasteiger partial charge in [-0.2, -0.15) is 0 Å². The normalized spacial score (nSPS) is 19.8. The molecule has 0 radical (unpaired) electrons. The van der Waals surface area contributed by atoms with E-state index < -0.39 is 0 Å². The molecule has 2 unspecified atom stereocenters. The molecule has 2 atom stereocenters. The number of nitrogen functional groups attached to an aromatic ring is 1. The molecule has 3 aromatic heterocycles. The van der Waals surface area contributed by atoms with E-state index in [9.17, 15) is 0 Å². The van der Waals surface area contributed by atoms with Gasteiger partial charge in [0.1, 0.15) is 11.3 Å². The molecule has 7 heteroatoms. The average Bonchev–Trinajstić information content (AvgIpc) is 3.60. The Kier molecular flexibility index (Phi) is 5.68. The van der Waals surface area contributed by atoms with Gasteiger partial charge in [-0.15, -0.1) is 0 Å². The number of benzene rings is 2. The highest BCUT2D eigenvalue weighted by Gasteiger charge is 2.38. The van der Waals surface area contributed by atoms with Crippen LogP contribution in [-0.4, -0.2) is 62.5 Å². The largest absolute Gasteiger partial charge is 0.383 e. The van der Waals surface area contributed by atoms with Crippen LogP contribution in [0.15, 0.2) is 85.1 Å². The molecule has 7 nitrogen and oxygen atoms in total. The van der Waals surface area contributed by atoms with Gasteiger partial charge >= 0.3 is 0 Å². The zero-order chi connectivity index (χ0) is 25.6. The Labute approximate surface area is 222 Å². The molecule has 2 aromatic carbocycles. The van der Waals surface area contributed by atoms with Crippen LogP contribution in [0.1, 0.15) is 5.56 Å². The minimum absolute atomic E-state index is 0.453. The van der Waals surface area contributed by atoms with Gasteiger partial charge in [-0.3, -0.25) is 9.47 Å². The van der Waals surface area contributed by atoms with Crippen molar-refractivity contribution in [3.8, 4) is 28.3 Å². The van der Waals surface area contributed by atoms with Crippen LogP contribution in [0, 0.1) is 11.8 Å². The van der Waals surface area contributed by atoms with Crippen LogP contribution in [0.25, 0.3) is 39.5 Å². The van der Waals surface area contributed by atoms with Gasteiger partial charge in [0.25, 0.3) is 0 Å². The van der Waals surface area contributed by atoms with E-state index in [1.165, 1.54) is 31.7 Å². The van der Waals surface area contributed by atoms with Crippen molar-refractivity contribution in [3.63, 3.8) is 0 Å². The van der Waals surface area contributed by atoms with E-state index in [4.69, 9.17) is 15.7 Å². The fraction of sp³-hybridized carbons (Fsp3) is 0.258. The molecule has 38 heavy (non-hydrogen) atoms. The van der Waals surface area contributed by atoms with Crippen LogP contribution in [0.5, 0.6) is 0 Å². The number of rotatable bonds is 5. The third-order valence-electron chi connectivity index (χ3n) is 8.00. The van der Waals surface area contributed by atoms with E-state index in [1.807, 2.05) is 42.5 Å². The topological polar surface area (TPSA) is 76.1 Å². The lowest BCUT2D eigenvalue weighted by molar-refractivity contribution is 0.272. The summed E-state index contributed by atoms with van der Waals surface area (Å²) in [5.41, 5.74) is 13.0. The molecule has 2 aliphatic rings. The standard InChI is InChI=1S/C31H31N7/c1-36-17-23-19-37(20-24(23)18-36)16-21-9-11-25(12-10-21)38-30(26-8-5-15-33-29(26)32)35-28-14-13-27(34-31(28)38)22-6-3-2-4-7-22/h2-15,23-24H,16-20H2,1H3,(H2,32,33). The Morgan fingerprint density at radius 2 is 1.58 bits per heavy atom. The molecule has 0 saturated carbocycles. The molecular weight excluding hydrogens is 470 g/mol. The molecule has 2 aliphatic heterocycles. The Bertz CT molecular complexity index is 1580. The highest BCUT2D eigenvalue weighted by molar-refractivity contribution is 5.84. The van der Waals surface area contributed by atoms with E-state index in [-0.39, 0.29) is 0 Å². The van der Waals surface area contributed by atoms with Crippen LogP contribution < -0.4 is 5.73 Å². The quantitative estimate of drug-likeness (QED) is 0.375. The lowest BCUT2D eigenvalue weighted by atomic mass is 10.0. The van der Waals surface area contributed by atoms with Crippen molar-refractivity contribution in [1.82, 2.24) is 29.3 Å². The molecule has 0 bridgehead atoms. The maximum absolute atomic E-state index is 6.31. The second-order valence-electron chi connectivity index (χ2n) is 10.7. The summed E-state index contributed by atoms with van der Waals surface area (Å²) in [5.74, 6) is 2.82. The summed E-state index contributed by atoms with van der Waals surface area (Å²) in [4.78, 5) is 19.4. The maximum atomic E-state index is 6.31. The minimum atomic E-state index is 0.453. The Morgan fingerprint density at radius 3 is 2.32 bits per heavy atom. The first kappa shape index (κ1) is 23.1. The molecule has 2 N–H and O–H groups in total. The third kappa shape index (κ3) is 4.14. The number of nitrogens with two attached hydrogens (primary N) is 1. The van der Waals surface area contributed by atoms with Gasteiger partial charge in [-0.25, -0.2) is 15.0 Å². The summed E-state index contributed by atoms with van der Waals surface area (Å²) in [6, 6.07) is 27.0. The Hall–Kier alpha value is -4.07. The smallest absolute Gasteiger partial charge is 0.165 e. The van der Waals surface area contributed by atoms with E-state index in [1.54, 1.807) is 6.20 Å². The number of hydrogen-bond acceptors (Lipinski definition) is 6. The summed E-state index contributed by atoms with van der Waals surface area (Å²) >= 11 is 0. The predicted octanol–water partition coefficient (Wildman–Crippen LogP) is 4.73. The van der Waals surface area contributed by atoms with Crippen LogP contribution in [0.4, 0.5) is 5.82 Å². The van der Waals surface area contributed by atoms with Crippen LogP contribution in [0.3, 0.4) is 0 Å². The molecule has 7 rings (SSSR count). The molecule has 0 aliphatic carbocycles. The SMILES string of the molecule is CN1CC2CN(Cc3ccc(-n4c(-c5cccnc5N)nc5ccc(-c6ccccc6)nc54)cc3)CC2C1. The first-order chi connectivity index (χ1) is 18.6. The van der Waals surface area contributed by atoms with E-state index >= 15 is 0 Å². The maximum Gasteiger partial charge on any atom is 0.165 e. The van der Waals surface area contributed by atoms with Gasteiger partial charge < -0.3 is 10.6 Å². The van der Waals surface area contributed by atoms with Gasteiger partial charge in [0.2, 0.25) is 0 Å². The zero-order valence-electron chi connectivity index (χ0n) is 21.5. The number of likely N-dealkylation sites (tertiary alicyclic amines) is 2. The van der Waals surface area contributed by atoms with Gasteiger partial charge in [-0.05, 0) is 60.8 Å². The second kappa shape index (κ2) is 9.35. The van der Waals surface area contributed by atoms with Crippen molar-refractivity contribution in [2.24, 2.45) is 11.8 Å². The second-order valence-corrected chi connectivity index (χ2v) is 10.7.